The number of hydrogen-bond acceptors (Lipinski definition) is 8. The number of nitrogens with zero attached hydrogens (tertiary/aromatic N) is 1. The normalized spacial score (nSPS) is 11.7. The van der Waals surface area contributed by atoms with Crippen LogP contribution in [0.3, 0.4) is 0 Å². The molecule has 7 nitrogen and oxygen atoms in total. The van der Waals surface area contributed by atoms with E-state index in [9.17, 15) is 13.2 Å². The fourth-order valence-corrected chi connectivity index (χ4v) is 5.25. The molecule has 0 aliphatic rings. The first-order valence-corrected chi connectivity index (χ1v) is 12.3. The van der Waals surface area contributed by atoms with Crippen molar-refractivity contribution in [3.05, 3.63) is 48.0 Å². The van der Waals surface area contributed by atoms with Crippen LogP contribution in [0.5, 0.6) is 0 Å². The van der Waals surface area contributed by atoms with Crippen molar-refractivity contribution in [2.24, 2.45) is 0 Å². The number of hydrogen-bond donors (Lipinski definition) is 1. The molecule has 0 unspecified atom stereocenters. The summed E-state index contributed by atoms with van der Waals surface area (Å²) in [5.74, 6) is 0.00530. The van der Waals surface area contributed by atoms with Crippen molar-refractivity contribution in [2.75, 3.05) is 37.8 Å². The molecule has 3 rings (SSSR count). The Balaban J connectivity index is 1.72. The number of anilines is 1. The molecule has 0 saturated carbocycles. The average Bonchev–Trinajstić information content (AvgIpc) is 3.09. The molecule has 0 spiro atoms. The quantitative estimate of drug-likeness (QED) is 0.301. The van der Waals surface area contributed by atoms with Crippen LogP contribution in [0.4, 0.5) is 5.69 Å². The van der Waals surface area contributed by atoms with Crippen LogP contribution in [-0.2, 0) is 19.3 Å². The number of amides is 1. The molecule has 1 aromatic heterocycles. The van der Waals surface area contributed by atoms with Gasteiger partial charge in [-0.3, -0.25) is 4.79 Å². The number of thiazole rings is 1. The van der Waals surface area contributed by atoms with Gasteiger partial charge >= 0.3 is 0 Å². The molecule has 2 aromatic carbocycles. The fourth-order valence-electron chi connectivity index (χ4n) is 2.51. The van der Waals surface area contributed by atoms with E-state index in [0.29, 0.717) is 24.8 Å². The van der Waals surface area contributed by atoms with Crippen LogP contribution < -0.4 is 5.32 Å². The van der Waals surface area contributed by atoms with Gasteiger partial charge in [0, 0.05) is 19.1 Å². The van der Waals surface area contributed by atoms with Crippen molar-refractivity contribution in [1.82, 2.24) is 4.98 Å². The molecule has 0 bridgehead atoms. The highest BCUT2D eigenvalue weighted by Crippen LogP contribution is 2.31. The van der Waals surface area contributed by atoms with E-state index >= 15 is 0 Å². The van der Waals surface area contributed by atoms with Crippen LogP contribution >= 0.6 is 23.1 Å². The number of rotatable bonds is 9. The third-order valence-corrected chi connectivity index (χ3v) is 7.05. The predicted molar refractivity (Wildman–Crippen MR) is 116 cm³/mol. The maximum absolute atomic E-state index is 12.6. The second-order valence-electron chi connectivity index (χ2n) is 6.05. The Hall–Kier alpha value is -1.98. The zero-order valence-electron chi connectivity index (χ0n) is 15.9. The van der Waals surface area contributed by atoms with E-state index in [1.807, 2.05) is 12.1 Å². The van der Waals surface area contributed by atoms with Gasteiger partial charge in [0.2, 0.25) is 0 Å². The van der Waals surface area contributed by atoms with E-state index in [0.717, 1.165) is 20.8 Å². The maximum Gasteiger partial charge on any atom is 0.256 e. The highest BCUT2D eigenvalue weighted by atomic mass is 32.2. The van der Waals surface area contributed by atoms with E-state index in [1.54, 1.807) is 25.3 Å². The van der Waals surface area contributed by atoms with Crippen molar-refractivity contribution in [2.45, 2.75) is 9.24 Å². The number of aromatic nitrogens is 1. The van der Waals surface area contributed by atoms with Crippen molar-refractivity contribution >= 4 is 54.7 Å². The first-order valence-electron chi connectivity index (χ1n) is 8.59. The number of fused-ring (bicyclic) bond motifs is 1. The first kappa shape index (κ1) is 21.7. The van der Waals surface area contributed by atoms with Crippen molar-refractivity contribution in [1.29, 1.82) is 0 Å². The summed E-state index contributed by atoms with van der Waals surface area (Å²) in [6, 6.07) is 11.5. The number of benzene rings is 2. The van der Waals surface area contributed by atoms with E-state index in [1.165, 1.54) is 35.2 Å². The molecule has 0 aliphatic heterocycles. The predicted octanol–water partition coefficient (Wildman–Crippen LogP) is 3.66. The molecule has 154 valence electrons. The number of methoxy groups -OCH3 is 1. The first-order chi connectivity index (χ1) is 13.9. The third kappa shape index (κ3) is 5.77. The topological polar surface area (TPSA) is 94.6 Å². The number of sulfone groups is 1. The maximum atomic E-state index is 12.6. The largest absolute Gasteiger partial charge is 0.382 e. The zero-order chi connectivity index (χ0) is 20.9. The standard InChI is InChI=1S/C19H20N2O5S3/c1-25-9-10-26-12-27-19-21-15-8-7-13(11-16(15)28-19)20-18(22)14-5-3-4-6-17(14)29(2,23)24/h3-8,11H,9-10,12H2,1-2H3,(H,20,22). The molecule has 0 aliphatic carbocycles. The van der Waals surface area contributed by atoms with Crippen LogP contribution in [0.15, 0.2) is 51.7 Å². The van der Waals surface area contributed by atoms with Gasteiger partial charge in [0.05, 0.1) is 39.8 Å². The van der Waals surface area contributed by atoms with Gasteiger partial charge in [-0.1, -0.05) is 23.9 Å². The van der Waals surface area contributed by atoms with Gasteiger partial charge in [-0.25, -0.2) is 13.4 Å². The number of ether oxygens (including phenoxy) is 2. The highest BCUT2D eigenvalue weighted by Gasteiger charge is 2.18. The van der Waals surface area contributed by atoms with E-state index in [2.05, 4.69) is 10.3 Å². The number of nitrogens with one attached hydrogen (secondary N) is 1. The molecule has 1 N–H and O–H groups in total. The zero-order valence-corrected chi connectivity index (χ0v) is 18.3. The van der Waals surface area contributed by atoms with Crippen molar-refractivity contribution in [3.8, 4) is 0 Å². The van der Waals surface area contributed by atoms with Crippen LogP contribution in [-0.4, -0.2) is 51.8 Å². The summed E-state index contributed by atoms with van der Waals surface area (Å²) in [5.41, 5.74) is 1.51. The Bertz CT molecular complexity index is 1110. The molecule has 29 heavy (non-hydrogen) atoms. The van der Waals surface area contributed by atoms with Gasteiger partial charge < -0.3 is 14.8 Å². The molecule has 3 aromatic rings. The van der Waals surface area contributed by atoms with Gasteiger partial charge in [0.25, 0.3) is 5.91 Å². The second kappa shape index (κ2) is 9.68. The second-order valence-corrected chi connectivity index (χ2v) is 10.2. The van der Waals surface area contributed by atoms with Gasteiger partial charge in [-0.05, 0) is 30.3 Å². The van der Waals surface area contributed by atoms with Crippen LogP contribution in [0.2, 0.25) is 0 Å². The lowest BCUT2D eigenvalue weighted by Crippen LogP contribution is -2.15. The lowest BCUT2D eigenvalue weighted by atomic mass is 10.2. The molecule has 0 saturated heterocycles. The summed E-state index contributed by atoms with van der Waals surface area (Å²) in [6.45, 7) is 1.07. The summed E-state index contributed by atoms with van der Waals surface area (Å²) >= 11 is 2.99. The van der Waals surface area contributed by atoms with E-state index < -0.39 is 15.7 Å². The van der Waals surface area contributed by atoms with E-state index in [4.69, 9.17) is 9.47 Å². The summed E-state index contributed by atoms with van der Waals surface area (Å²) in [7, 11) is -1.88. The average molecular weight is 453 g/mol. The molecule has 1 heterocycles. The fraction of sp³-hybridized carbons (Fsp3) is 0.263. The van der Waals surface area contributed by atoms with Crippen LogP contribution in [0, 0.1) is 0 Å². The minimum Gasteiger partial charge on any atom is -0.382 e. The van der Waals surface area contributed by atoms with Crippen molar-refractivity contribution < 1.29 is 22.7 Å². The van der Waals surface area contributed by atoms with Gasteiger partial charge in [0.1, 0.15) is 0 Å². The number of carbonyl (C=O) groups excluding carboxylic acids is 1. The summed E-state index contributed by atoms with van der Waals surface area (Å²) in [4.78, 5) is 17.2. The third-order valence-electron chi connectivity index (χ3n) is 3.86. The number of thioether (sulfide) groups is 1. The lowest BCUT2D eigenvalue weighted by molar-refractivity contribution is 0.0953. The van der Waals surface area contributed by atoms with Gasteiger partial charge in [0.15, 0.2) is 14.2 Å². The minimum atomic E-state index is -3.51. The SMILES string of the molecule is COCCOCSc1nc2ccc(NC(=O)c3ccccc3S(C)(=O)=O)cc2s1. The van der Waals surface area contributed by atoms with Crippen molar-refractivity contribution in [3.63, 3.8) is 0 Å². The Morgan fingerprint density at radius 1 is 1.21 bits per heavy atom. The summed E-state index contributed by atoms with van der Waals surface area (Å²) in [6.07, 6.45) is 1.08. The highest BCUT2D eigenvalue weighted by molar-refractivity contribution is 8.01. The molecule has 10 heteroatoms. The Kier molecular flexibility index (Phi) is 7.25. The minimum absolute atomic E-state index is 0.00327. The monoisotopic (exact) mass is 452 g/mol. The molecular weight excluding hydrogens is 432 g/mol. The Morgan fingerprint density at radius 2 is 2.00 bits per heavy atom. The van der Waals surface area contributed by atoms with Crippen LogP contribution in [0.1, 0.15) is 10.4 Å². The van der Waals surface area contributed by atoms with E-state index in [-0.39, 0.29) is 10.5 Å². The Morgan fingerprint density at radius 3 is 2.76 bits per heavy atom. The lowest BCUT2D eigenvalue weighted by Gasteiger charge is -2.09. The smallest absolute Gasteiger partial charge is 0.256 e. The molecule has 0 fully saturated rings. The Labute approximate surface area is 177 Å². The molecule has 1 amide bonds. The van der Waals surface area contributed by atoms with Crippen LogP contribution in [0.25, 0.3) is 10.2 Å². The summed E-state index contributed by atoms with van der Waals surface area (Å²) in [5, 5.41) is 2.77. The van der Waals surface area contributed by atoms with Gasteiger partial charge in [-0.2, -0.15) is 0 Å². The number of carbonyl (C=O) groups is 1. The molecule has 0 radical (unpaired) electrons. The molecule has 0 atom stereocenters. The summed E-state index contributed by atoms with van der Waals surface area (Å²) < 4.78 is 36.0. The molecular formula is C19H20N2O5S3. The van der Waals surface area contributed by atoms with Gasteiger partial charge in [-0.15, -0.1) is 11.3 Å².